The van der Waals surface area contributed by atoms with E-state index in [1.807, 2.05) is 28.8 Å². The number of nitrogens with zero attached hydrogens (tertiary/aromatic N) is 5. The molecule has 0 N–H and O–H groups in total. The highest BCUT2D eigenvalue weighted by Crippen LogP contribution is 2.17. The Morgan fingerprint density at radius 1 is 1.09 bits per heavy atom. The average Bonchev–Trinajstić information content (AvgIpc) is 3.17. The molecule has 0 saturated carbocycles. The quantitative estimate of drug-likeness (QED) is 0.735. The van der Waals surface area contributed by atoms with Crippen molar-refractivity contribution in [1.29, 1.82) is 0 Å². The van der Waals surface area contributed by atoms with Gasteiger partial charge in [0.1, 0.15) is 5.01 Å². The van der Waals surface area contributed by atoms with E-state index in [9.17, 15) is 0 Å². The van der Waals surface area contributed by atoms with Crippen LogP contribution in [0.25, 0.3) is 17.1 Å². The molecule has 0 unspecified atom stereocenters. The van der Waals surface area contributed by atoms with Gasteiger partial charge in [0.15, 0.2) is 5.82 Å². The Morgan fingerprint density at radius 2 is 1.91 bits per heavy atom. The van der Waals surface area contributed by atoms with Crippen molar-refractivity contribution in [1.82, 2.24) is 24.7 Å². The molecule has 0 spiro atoms. The summed E-state index contributed by atoms with van der Waals surface area (Å²) >= 11 is 1.55. The average molecular weight is 327 g/mol. The molecule has 0 bridgehead atoms. The number of aromatic nitrogens is 4. The van der Waals surface area contributed by atoms with Gasteiger partial charge in [-0.1, -0.05) is 47.7 Å². The fraction of sp³-hybridized carbons (Fsp3) is 0.312. The van der Waals surface area contributed by atoms with Crippen molar-refractivity contribution in [3.05, 3.63) is 46.7 Å². The SMILES string of the molecule is C(=Cc1nn2c(CN3CCOCC3)nnc2s1)c1ccccc1. The van der Waals surface area contributed by atoms with Crippen LogP contribution < -0.4 is 0 Å². The molecule has 1 aliphatic rings. The standard InChI is InChI=1S/C16H17N5OS/c1-2-4-13(5-3-1)6-7-15-19-21-14(17-18-16(21)23-15)12-20-8-10-22-11-9-20/h1-7H,8-12H2. The fourth-order valence-electron chi connectivity index (χ4n) is 2.53. The van der Waals surface area contributed by atoms with E-state index in [1.54, 1.807) is 11.3 Å². The van der Waals surface area contributed by atoms with Crippen LogP contribution in [0.4, 0.5) is 0 Å². The fourth-order valence-corrected chi connectivity index (χ4v) is 3.29. The molecule has 2 aromatic heterocycles. The van der Waals surface area contributed by atoms with Crippen molar-refractivity contribution in [3.63, 3.8) is 0 Å². The summed E-state index contributed by atoms with van der Waals surface area (Å²) in [6, 6.07) is 10.2. The van der Waals surface area contributed by atoms with Gasteiger partial charge in [-0.25, -0.2) is 0 Å². The van der Waals surface area contributed by atoms with E-state index in [4.69, 9.17) is 4.74 Å². The van der Waals surface area contributed by atoms with E-state index in [1.165, 1.54) is 0 Å². The summed E-state index contributed by atoms with van der Waals surface area (Å²) in [6.45, 7) is 4.18. The third-order valence-electron chi connectivity index (χ3n) is 3.76. The summed E-state index contributed by atoms with van der Waals surface area (Å²) in [5.74, 6) is 0.887. The van der Waals surface area contributed by atoms with Crippen LogP contribution in [0.2, 0.25) is 0 Å². The molecule has 23 heavy (non-hydrogen) atoms. The number of benzene rings is 1. The molecule has 0 radical (unpaired) electrons. The van der Waals surface area contributed by atoms with Gasteiger partial charge in [0.25, 0.3) is 0 Å². The zero-order valence-corrected chi connectivity index (χ0v) is 13.4. The topological polar surface area (TPSA) is 55.5 Å². The maximum atomic E-state index is 5.38. The second-order valence-corrected chi connectivity index (χ2v) is 6.37. The molecule has 6 nitrogen and oxygen atoms in total. The Labute approximate surface area is 138 Å². The van der Waals surface area contributed by atoms with Crippen molar-refractivity contribution >= 4 is 28.4 Å². The first kappa shape index (κ1) is 14.5. The second kappa shape index (κ2) is 6.57. The molecule has 3 heterocycles. The molecule has 7 heteroatoms. The van der Waals surface area contributed by atoms with E-state index >= 15 is 0 Å². The van der Waals surface area contributed by atoms with Crippen LogP contribution in [0, 0.1) is 0 Å². The van der Waals surface area contributed by atoms with Gasteiger partial charge in [-0.15, -0.1) is 10.2 Å². The number of hydrogen-bond acceptors (Lipinski definition) is 6. The lowest BCUT2D eigenvalue weighted by Crippen LogP contribution is -2.36. The van der Waals surface area contributed by atoms with Crippen LogP contribution in [-0.4, -0.2) is 51.0 Å². The highest BCUT2D eigenvalue weighted by Gasteiger charge is 2.16. The van der Waals surface area contributed by atoms with Gasteiger partial charge in [-0.05, 0) is 11.6 Å². The van der Waals surface area contributed by atoms with E-state index in [2.05, 4.69) is 38.4 Å². The van der Waals surface area contributed by atoms with Crippen molar-refractivity contribution < 1.29 is 4.74 Å². The van der Waals surface area contributed by atoms with Gasteiger partial charge < -0.3 is 4.74 Å². The molecule has 1 aromatic carbocycles. The Bertz CT molecular complexity index is 804. The zero-order chi connectivity index (χ0) is 15.5. The minimum absolute atomic E-state index is 0.760. The molecule has 1 saturated heterocycles. The van der Waals surface area contributed by atoms with E-state index < -0.39 is 0 Å². The lowest BCUT2D eigenvalue weighted by molar-refractivity contribution is 0.0328. The van der Waals surface area contributed by atoms with Gasteiger partial charge in [-0.2, -0.15) is 9.61 Å². The van der Waals surface area contributed by atoms with Gasteiger partial charge in [0.05, 0.1) is 19.8 Å². The first-order chi connectivity index (χ1) is 11.4. The van der Waals surface area contributed by atoms with Crippen LogP contribution >= 0.6 is 11.3 Å². The smallest absolute Gasteiger partial charge is 0.235 e. The van der Waals surface area contributed by atoms with Gasteiger partial charge in [0.2, 0.25) is 4.96 Å². The molecule has 0 atom stereocenters. The summed E-state index contributed by atoms with van der Waals surface area (Å²) in [4.78, 5) is 3.15. The summed E-state index contributed by atoms with van der Waals surface area (Å²) < 4.78 is 7.23. The predicted molar refractivity (Wildman–Crippen MR) is 90.1 cm³/mol. The van der Waals surface area contributed by atoms with Gasteiger partial charge in [-0.3, -0.25) is 4.90 Å². The highest BCUT2D eigenvalue weighted by atomic mass is 32.1. The van der Waals surface area contributed by atoms with Crippen molar-refractivity contribution in [2.75, 3.05) is 26.3 Å². The van der Waals surface area contributed by atoms with E-state index in [-0.39, 0.29) is 0 Å². The van der Waals surface area contributed by atoms with Crippen LogP contribution in [0.3, 0.4) is 0 Å². The summed E-state index contributed by atoms with van der Waals surface area (Å²) in [5.41, 5.74) is 1.16. The Kier molecular flexibility index (Phi) is 4.14. The van der Waals surface area contributed by atoms with Crippen LogP contribution in [0.5, 0.6) is 0 Å². The Morgan fingerprint density at radius 3 is 2.74 bits per heavy atom. The van der Waals surface area contributed by atoms with E-state index in [0.29, 0.717) is 0 Å². The number of morpholine rings is 1. The third-order valence-corrected chi connectivity index (χ3v) is 4.62. The lowest BCUT2D eigenvalue weighted by Gasteiger charge is -2.25. The maximum Gasteiger partial charge on any atom is 0.235 e. The Balaban J connectivity index is 1.53. The Hall–Kier alpha value is -2.09. The molecule has 0 amide bonds. The normalized spacial score (nSPS) is 16.5. The van der Waals surface area contributed by atoms with Crippen molar-refractivity contribution in [2.24, 2.45) is 0 Å². The van der Waals surface area contributed by atoms with Crippen molar-refractivity contribution in [2.45, 2.75) is 6.54 Å². The summed E-state index contributed by atoms with van der Waals surface area (Å²) in [6.07, 6.45) is 4.08. The number of fused-ring (bicyclic) bond motifs is 1. The largest absolute Gasteiger partial charge is 0.379 e. The van der Waals surface area contributed by atoms with Crippen molar-refractivity contribution in [3.8, 4) is 0 Å². The monoisotopic (exact) mass is 327 g/mol. The third kappa shape index (κ3) is 3.31. The molecule has 1 fully saturated rings. The predicted octanol–water partition coefficient (Wildman–Crippen LogP) is 2.19. The van der Waals surface area contributed by atoms with Gasteiger partial charge >= 0.3 is 0 Å². The number of ether oxygens (including phenoxy) is 1. The number of rotatable bonds is 4. The molecule has 118 valence electrons. The molecule has 4 rings (SSSR count). The molecular weight excluding hydrogens is 310 g/mol. The van der Waals surface area contributed by atoms with Crippen LogP contribution in [0.1, 0.15) is 16.4 Å². The summed E-state index contributed by atoms with van der Waals surface area (Å²) in [7, 11) is 0. The lowest BCUT2D eigenvalue weighted by atomic mass is 10.2. The van der Waals surface area contributed by atoms with E-state index in [0.717, 1.165) is 54.2 Å². The van der Waals surface area contributed by atoms with Gasteiger partial charge in [0, 0.05) is 13.1 Å². The first-order valence-corrected chi connectivity index (χ1v) is 8.44. The minimum atomic E-state index is 0.760. The maximum absolute atomic E-state index is 5.38. The zero-order valence-electron chi connectivity index (χ0n) is 12.6. The first-order valence-electron chi connectivity index (χ1n) is 7.63. The summed E-state index contributed by atoms with van der Waals surface area (Å²) in [5, 5.41) is 14.1. The molecular formula is C16H17N5OS. The minimum Gasteiger partial charge on any atom is -0.379 e. The molecule has 1 aliphatic heterocycles. The van der Waals surface area contributed by atoms with Crippen LogP contribution in [-0.2, 0) is 11.3 Å². The highest BCUT2D eigenvalue weighted by molar-refractivity contribution is 7.17. The second-order valence-electron chi connectivity index (χ2n) is 5.38. The molecule has 3 aromatic rings. The van der Waals surface area contributed by atoms with Crippen LogP contribution in [0.15, 0.2) is 30.3 Å². The number of hydrogen-bond donors (Lipinski definition) is 0. The molecule has 0 aliphatic carbocycles.